The molecular weight excluding hydrogens is 274 g/mol. The van der Waals surface area contributed by atoms with Gasteiger partial charge in [-0.05, 0) is 42.7 Å². The summed E-state index contributed by atoms with van der Waals surface area (Å²) in [6, 6.07) is 15.2. The highest BCUT2D eigenvalue weighted by Crippen LogP contribution is 2.21. The van der Waals surface area contributed by atoms with Crippen LogP contribution in [-0.4, -0.2) is 11.1 Å². The van der Waals surface area contributed by atoms with E-state index in [0.717, 1.165) is 12.1 Å². The third-order valence-electron chi connectivity index (χ3n) is 3.71. The first-order valence-electron chi connectivity index (χ1n) is 7.89. The van der Waals surface area contributed by atoms with Crippen molar-refractivity contribution in [2.24, 2.45) is 0 Å². The highest BCUT2D eigenvalue weighted by atomic mass is 16.4. The molecule has 116 valence electrons. The van der Waals surface area contributed by atoms with Gasteiger partial charge in [0.05, 0.1) is 11.3 Å². The number of carboxylic acid groups (broad SMARTS) is 1. The Labute approximate surface area is 132 Å². The van der Waals surface area contributed by atoms with Crippen LogP contribution in [0.15, 0.2) is 48.5 Å². The van der Waals surface area contributed by atoms with Gasteiger partial charge in [-0.25, -0.2) is 4.79 Å². The number of aromatic carboxylic acids is 1. The fraction of sp³-hybridized carbons (Fsp3) is 0.316. The monoisotopic (exact) mass is 297 g/mol. The summed E-state index contributed by atoms with van der Waals surface area (Å²) in [5, 5.41) is 12.4. The number of aryl methyl sites for hydroxylation is 1. The Balaban J connectivity index is 1.98. The number of unbranched alkanes of at least 4 members (excludes halogenated alkanes) is 3. The topological polar surface area (TPSA) is 49.3 Å². The molecule has 0 spiro atoms. The van der Waals surface area contributed by atoms with Gasteiger partial charge in [-0.2, -0.15) is 0 Å². The molecule has 0 atom stereocenters. The maximum Gasteiger partial charge on any atom is 0.337 e. The molecule has 3 heteroatoms. The largest absolute Gasteiger partial charge is 0.478 e. The number of rotatable bonds is 8. The second-order valence-electron chi connectivity index (χ2n) is 5.48. The van der Waals surface area contributed by atoms with Crippen molar-refractivity contribution in [1.82, 2.24) is 0 Å². The average Bonchev–Trinajstić information content (AvgIpc) is 2.53. The Hall–Kier alpha value is -2.29. The molecule has 0 heterocycles. The molecule has 0 aromatic heterocycles. The van der Waals surface area contributed by atoms with Crippen LogP contribution in [0.3, 0.4) is 0 Å². The van der Waals surface area contributed by atoms with Crippen LogP contribution < -0.4 is 5.32 Å². The first-order chi connectivity index (χ1) is 10.7. The molecule has 0 saturated carbocycles. The molecule has 2 N–H and O–H groups in total. The van der Waals surface area contributed by atoms with E-state index in [9.17, 15) is 9.90 Å². The number of hydrogen-bond donors (Lipinski definition) is 2. The Bertz CT molecular complexity index is 605. The van der Waals surface area contributed by atoms with E-state index in [4.69, 9.17) is 0 Å². The van der Waals surface area contributed by atoms with Crippen molar-refractivity contribution in [2.45, 2.75) is 39.0 Å². The molecule has 2 aromatic carbocycles. The van der Waals surface area contributed by atoms with Crippen molar-refractivity contribution >= 4 is 17.3 Å². The van der Waals surface area contributed by atoms with Crippen molar-refractivity contribution in [2.75, 3.05) is 5.32 Å². The fourth-order valence-electron chi connectivity index (χ4n) is 2.44. The first-order valence-corrected chi connectivity index (χ1v) is 7.89. The smallest absolute Gasteiger partial charge is 0.337 e. The van der Waals surface area contributed by atoms with Gasteiger partial charge in [0.1, 0.15) is 0 Å². The van der Waals surface area contributed by atoms with Crippen LogP contribution in [-0.2, 0) is 6.42 Å². The first kappa shape index (κ1) is 16.1. The lowest BCUT2D eigenvalue weighted by Crippen LogP contribution is -2.02. The van der Waals surface area contributed by atoms with Crippen LogP contribution in [0.25, 0.3) is 0 Å². The molecule has 22 heavy (non-hydrogen) atoms. The van der Waals surface area contributed by atoms with E-state index in [1.54, 1.807) is 18.2 Å². The lowest BCUT2D eigenvalue weighted by atomic mass is 10.1. The Morgan fingerprint density at radius 3 is 2.41 bits per heavy atom. The normalized spacial score (nSPS) is 10.4. The zero-order valence-electron chi connectivity index (χ0n) is 13.0. The molecule has 2 rings (SSSR count). The zero-order valence-corrected chi connectivity index (χ0v) is 13.0. The number of carboxylic acids is 1. The van der Waals surface area contributed by atoms with E-state index in [0.29, 0.717) is 5.69 Å². The molecule has 0 fully saturated rings. The van der Waals surface area contributed by atoms with Gasteiger partial charge in [0, 0.05) is 5.69 Å². The maximum atomic E-state index is 11.2. The third-order valence-corrected chi connectivity index (χ3v) is 3.71. The van der Waals surface area contributed by atoms with E-state index >= 15 is 0 Å². The Morgan fingerprint density at radius 1 is 1.00 bits per heavy atom. The van der Waals surface area contributed by atoms with E-state index in [1.807, 2.05) is 18.2 Å². The van der Waals surface area contributed by atoms with Crippen LogP contribution in [0.1, 0.15) is 48.5 Å². The maximum absolute atomic E-state index is 11.2. The summed E-state index contributed by atoms with van der Waals surface area (Å²) in [6.07, 6.45) is 6.16. The van der Waals surface area contributed by atoms with Gasteiger partial charge in [-0.15, -0.1) is 0 Å². The second kappa shape index (κ2) is 8.23. The van der Waals surface area contributed by atoms with E-state index in [-0.39, 0.29) is 5.56 Å². The molecule has 0 amide bonds. The van der Waals surface area contributed by atoms with E-state index in [2.05, 4.69) is 24.4 Å². The van der Waals surface area contributed by atoms with Crippen LogP contribution in [0.5, 0.6) is 0 Å². The second-order valence-corrected chi connectivity index (χ2v) is 5.48. The number of carbonyl (C=O) groups is 1. The minimum absolute atomic E-state index is 0.283. The minimum atomic E-state index is -0.921. The SMILES string of the molecule is CCCCCCc1ccc(Nc2ccccc2C(=O)O)cc1. The van der Waals surface area contributed by atoms with Crippen molar-refractivity contribution in [1.29, 1.82) is 0 Å². The summed E-state index contributed by atoms with van der Waals surface area (Å²) in [7, 11) is 0. The Morgan fingerprint density at radius 2 is 1.73 bits per heavy atom. The molecule has 0 bridgehead atoms. The number of anilines is 2. The molecule has 0 radical (unpaired) electrons. The highest BCUT2D eigenvalue weighted by Gasteiger charge is 2.08. The van der Waals surface area contributed by atoms with E-state index in [1.165, 1.54) is 31.2 Å². The number of benzene rings is 2. The molecule has 0 aliphatic rings. The van der Waals surface area contributed by atoms with Gasteiger partial charge in [-0.1, -0.05) is 50.5 Å². The van der Waals surface area contributed by atoms with Crippen LogP contribution in [0, 0.1) is 0 Å². The lowest BCUT2D eigenvalue weighted by Gasteiger charge is -2.10. The summed E-state index contributed by atoms with van der Waals surface area (Å²) < 4.78 is 0. The average molecular weight is 297 g/mol. The Kier molecular flexibility index (Phi) is 6.01. The predicted octanol–water partition coefficient (Wildman–Crippen LogP) is 5.25. The van der Waals surface area contributed by atoms with Gasteiger partial charge < -0.3 is 10.4 Å². The van der Waals surface area contributed by atoms with Crippen molar-refractivity contribution < 1.29 is 9.90 Å². The van der Waals surface area contributed by atoms with E-state index < -0.39 is 5.97 Å². The summed E-state index contributed by atoms with van der Waals surface area (Å²) in [6.45, 7) is 2.22. The molecule has 0 aliphatic carbocycles. The molecule has 3 nitrogen and oxygen atoms in total. The minimum Gasteiger partial charge on any atom is -0.478 e. The van der Waals surface area contributed by atoms with Gasteiger partial charge in [0.15, 0.2) is 0 Å². The van der Waals surface area contributed by atoms with Crippen LogP contribution in [0.4, 0.5) is 11.4 Å². The quantitative estimate of drug-likeness (QED) is 0.654. The molecule has 2 aromatic rings. The number of nitrogens with one attached hydrogen (secondary N) is 1. The van der Waals surface area contributed by atoms with Gasteiger partial charge >= 0.3 is 5.97 Å². The summed E-state index contributed by atoms with van der Waals surface area (Å²) in [4.78, 5) is 11.2. The molecule has 0 unspecified atom stereocenters. The highest BCUT2D eigenvalue weighted by molar-refractivity contribution is 5.95. The van der Waals surface area contributed by atoms with Gasteiger partial charge in [0.2, 0.25) is 0 Å². The zero-order chi connectivity index (χ0) is 15.8. The van der Waals surface area contributed by atoms with Crippen LogP contribution >= 0.6 is 0 Å². The van der Waals surface area contributed by atoms with Crippen molar-refractivity contribution in [3.8, 4) is 0 Å². The van der Waals surface area contributed by atoms with Gasteiger partial charge in [-0.3, -0.25) is 0 Å². The molecular formula is C19H23NO2. The third kappa shape index (κ3) is 4.62. The van der Waals surface area contributed by atoms with Crippen molar-refractivity contribution in [3.63, 3.8) is 0 Å². The molecule has 0 saturated heterocycles. The van der Waals surface area contributed by atoms with Gasteiger partial charge in [0.25, 0.3) is 0 Å². The standard InChI is InChI=1S/C19H23NO2/c1-2-3-4-5-8-15-11-13-16(14-12-15)20-18-10-7-6-9-17(18)19(21)22/h6-7,9-14,20H,2-5,8H2,1H3,(H,21,22). The van der Waals surface area contributed by atoms with Crippen LogP contribution in [0.2, 0.25) is 0 Å². The summed E-state index contributed by atoms with van der Waals surface area (Å²) in [5.74, 6) is -0.921. The summed E-state index contributed by atoms with van der Waals surface area (Å²) >= 11 is 0. The number of hydrogen-bond acceptors (Lipinski definition) is 2. The number of para-hydroxylation sites is 1. The molecule has 0 aliphatic heterocycles. The van der Waals surface area contributed by atoms with Crippen molar-refractivity contribution in [3.05, 3.63) is 59.7 Å². The fourth-order valence-corrected chi connectivity index (χ4v) is 2.44. The lowest BCUT2D eigenvalue weighted by molar-refractivity contribution is 0.0698. The summed E-state index contributed by atoms with van der Waals surface area (Å²) in [5.41, 5.74) is 3.14. The predicted molar refractivity (Wildman–Crippen MR) is 91.0 cm³/mol.